The van der Waals surface area contributed by atoms with Gasteiger partial charge in [-0.15, -0.1) is 11.6 Å². The first-order valence-electron chi connectivity index (χ1n) is 5.44. The summed E-state index contributed by atoms with van der Waals surface area (Å²) in [5.74, 6) is -0.615. The lowest BCUT2D eigenvalue weighted by molar-refractivity contribution is -0.137. The minimum absolute atomic E-state index is 0.0291. The second-order valence-electron chi connectivity index (χ2n) is 3.99. The minimum Gasteiger partial charge on any atom is -0.206 e. The fourth-order valence-corrected chi connectivity index (χ4v) is 1.98. The van der Waals surface area contributed by atoms with E-state index in [2.05, 4.69) is 0 Å². The fourth-order valence-electron chi connectivity index (χ4n) is 1.77. The van der Waals surface area contributed by atoms with Crippen LogP contribution in [0, 0.1) is 5.82 Å². The third-order valence-corrected chi connectivity index (χ3v) is 3.01. The Balaban J connectivity index is 2.54. The van der Waals surface area contributed by atoms with Crippen molar-refractivity contribution < 1.29 is 17.6 Å². The summed E-state index contributed by atoms with van der Waals surface area (Å²) in [5.41, 5.74) is -0.249. The Kier molecular flexibility index (Phi) is 3.80. The van der Waals surface area contributed by atoms with Gasteiger partial charge in [0.2, 0.25) is 0 Å². The van der Waals surface area contributed by atoms with Gasteiger partial charge in [-0.05, 0) is 17.7 Å². The van der Waals surface area contributed by atoms with Gasteiger partial charge in [0.1, 0.15) is 5.82 Å². The summed E-state index contributed by atoms with van der Waals surface area (Å²) in [6, 6.07) is 9.07. The van der Waals surface area contributed by atoms with Crippen LogP contribution in [0.15, 0.2) is 42.5 Å². The molecule has 100 valence electrons. The van der Waals surface area contributed by atoms with E-state index in [9.17, 15) is 17.6 Å². The third kappa shape index (κ3) is 2.89. The van der Waals surface area contributed by atoms with Crippen molar-refractivity contribution in [2.75, 3.05) is 0 Å². The predicted molar refractivity (Wildman–Crippen MR) is 66.4 cm³/mol. The predicted octanol–water partition coefficient (Wildman–Crippen LogP) is 5.25. The largest absolute Gasteiger partial charge is 0.416 e. The maximum atomic E-state index is 14.0. The quantitative estimate of drug-likeness (QED) is 0.523. The third-order valence-electron chi connectivity index (χ3n) is 2.72. The van der Waals surface area contributed by atoms with Crippen LogP contribution in [0.3, 0.4) is 0 Å². The van der Waals surface area contributed by atoms with E-state index in [1.165, 1.54) is 24.3 Å². The molecule has 0 fully saturated rings. The van der Waals surface area contributed by atoms with Crippen molar-refractivity contribution in [2.45, 2.75) is 12.1 Å². The minimum atomic E-state index is -4.45. The topological polar surface area (TPSA) is 0 Å². The van der Waals surface area contributed by atoms with Gasteiger partial charge < -0.3 is 0 Å². The summed E-state index contributed by atoms with van der Waals surface area (Å²) in [6.07, 6.45) is -4.45. The zero-order chi connectivity index (χ0) is 14.0. The van der Waals surface area contributed by atoms with Crippen LogP contribution in [0.25, 0.3) is 11.1 Å². The Labute approximate surface area is 112 Å². The van der Waals surface area contributed by atoms with Crippen molar-refractivity contribution in [1.82, 2.24) is 0 Å². The van der Waals surface area contributed by atoms with Crippen molar-refractivity contribution in [1.29, 1.82) is 0 Å². The van der Waals surface area contributed by atoms with Gasteiger partial charge in [-0.25, -0.2) is 4.39 Å². The van der Waals surface area contributed by atoms with Crippen LogP contribution >= 0.6 is 11.6 Å². The second-order valence-corrected chi connectivity index (χ2v) is 4.26. The van der Waals surface area contributed by atoms with Crippen molar-refractivity contribution in [3.05, 3.63) is 59.4 Å². The van der Waals surface area contributed by atoms with Crippen LogP contribution < -0.4 is 0 Å². The molecule has 2 aromatic carbocycles. The first-order valence-corrected chi connectivity index (χ1v) is 5.98. The highest BCUT2D eigenvalue weighted by molar-refractivity contribution is 6.17. The van der Waals surface area contributed by atoms with Crippen molar-refractivity contribution >= 4 is 11.6 Å². The van der Waals surface area contributed by atoms with E-state index in [1.807, 2.05) is 0 Å². The molecule has 0 unspecified atom stereocenters. The van der Waals surface area contributed by atoms with E-state index in [4.69, 9.17) is 11.6 Å². The lowest BCUT2D eigenvalue weighted by Crippen LogP contribution is -2.04. The van der Waals surface area contributed by atoms with E-state index < -0.39 is 17.6 Å². The number of hydrogen-bond acceptors (Lipinski definition) is 0. The molecule has 0 bridgehead atoms. The SMILES string of the molecule is Fc1c(CCl)cccc1-c1cccc(C(F)(F)F)c1. The second kappa shape index (κ2) is 5.21. The molecule has 0 atom stereocenters. The Hall–Kier alpha value is -1.55. The van der Waals surface area contributed by atoms with Gasteiger partial charge in [-0.2, -0.15) is 13.2 Å². The van der Waals surface area contributed by atoms with E-state index in [1.54, 1.807) is 6.07 Å². The zero-order valence-electron chi connectivity index (χ0n) is 9.64. The molecule has 0 N–H and O–H groups in total. The average Bonchev–Trinajstić information content (AvgIpc) is 2.38. The van der Waals surface area contributed by atoms with E-state index in [-0.39, 0.29) is 22.6 Å². The van der Waals surface area contributed by atoms with Crippen LogP contribution in [0.2, 0.25) is 0 Å². The molecule has 0 saturated heterocycles. The van der Waals surface area contributed by atoms with Crippen LogP contribution in [-0.4, -0.2) is 0 Å². The molecule has 0 heterocycles. The highest BCUT2D eigenvalue weighted by Crippen LogP contribution is 2.33. The molecule has 0 aliphatic heterocycles. The molecular formula is C14H9ClF4. The zero-order valence-corrected chi connectivity index (χ0v) is 10.4. The van der Waals surface area contributed by atoms with Gasteiger partial charge in [0.05, 0.1) is 11.4 Å². The summed E-state index contributed by atoms with van der Waals surface area (Å²) >= 11 is 5.58. The summed E-state index contributed by atoms with van der Waals surface area (Å²) in [6.45, 7) is 0. The van der Waals surface area contributed by atoms with Gasteiger partial charge in [-0.3, -0.25) is 0 Å². The Bertz CT molecular complexity index is 590. The molecule has 19 heavy (non-hydrogen) atoms. The van der Waals surface area contributed by atoms with Gasteiger partial charge in [0.15, 0.2) is 0 Å². The Morgan fingerprint density at radius 1 is 1.00 bits per heavy atom. The van der Waals surface area contributed by atoms with Crippen LogP contribution in [-0.2, 0) is 12.1 Å². The molecule has 0 nitrogen and oxygen atoms in total. The fraction of sp³-hybridized carbons (Fsp3) is 0.143. The van der Waals surface area contributed by atoms with E-state index >= 15 is 0 Å². The molecule has 0 radical (unpaired) electrons. The molecule has 0 aliphatic rings. The number of alkyl halides is 4. The summed E-state index contributed by atoms with van der Waals surface area (Å²) in [4.78, 5) is 0. The van der Waals surface area contributed by atoms with Gasteiger partial charge in [0, 0.05) is 11.1 Å². The van der Waals surface area contributed by atoms with Gasteiger partial charge >= 0.3 is 6.18 Å². The molecule has 0 aliphatic carbocycles. The number of halogens is 5. The highest BCUT2D eigenvalue weighted by atomic mass is 35.5. The number of hydrogen-bond donors (Lipinski definition) is 0. The maximum Gasteiger partial charge on any atom is 0.416 e. The first-order chi connectivity index (χ1) is 8.93. The average molecular weight is 289 g/mol. The highest BCUT2D eigenvalue weighted by Gasteiger charge is 2.30. The normalized spacial score (nSPS) is 11.6. The standard InChI is InChI=1S/C14H9ClF4/c15-8-10-4-2-6-12(13(10)16)9-3-1-5-11(7-9)14(17,18)19/h1-7H,8H2. The molecule has 0 aromatic heterocycles. The van der Waals surface area contributed by atoms with Crippen molar-refractivity contribution in [2.24, 2.45) is 0 Å². The Morgan fingerprint density at radius 2 is 1.68 bits per heavy atom. The van der Waals surface area contributed by atoms with Crippen LogP contribution in [0.5, 0.6) is 0 Å². The summed E-state index contributed by atoms with van der Waals surface area (Å²) < 4.78 is 51.9. The summed E-state index contributed by atoms with van der Waals surface area (Å²) in [5, 5.41) is 0. The maximum absolute atomic E-state index is 14.0. The lowest BCUT2D eigenvalue weighted by Gasteiger charge is -2.10. The first kappa shape index (κ1) is 13.9. The molecule has 2 aromatic rings. The summed E-state index contributed by atoms with van der Waals surface area (Å²) in [7, 11) is 0. The molecule has 0 saturated carbocycles. The molecule has 0 spiro atoms. The number of benzene rings is 2. The van der Waals surface area contributed by atoms with E-state index in [0.717, 1.165) is 12.1 Å². The van der Waals surface area contributed by atoms with Crippen LogP contribution in [0.4, 0.5) is 17.6 Å². The Morgan fingerprint density at radius 3 is 2.32 bits per heavy atom. The number of rotatable bonds is 2. The van der Waals surface area contributed by atoms with Crippen molar-refractivity contribution in [3.8, 4) is 11.1 Å². The van der Waals surface area contributed by atoms with Crippen LogP contribution in [0.1, 0.15) is 11.1 Å². The molecular weight excluding hydrogens is 280 g/mol. The van der Waals surface area contributed by atoms with Gasteiger partial charge in [-0.1, -0.05) is 30.3 Å². The van der Waals surface area contributed by atoms with Crippen molar-refractivity contribution in [3.63, 3.8) is 0 Å². The molecule has 2 rings (SSSR count). The molecule has 0 amide bonds. The van der Waals surface area contributed by atoms with E-state index in [0.29, 0.717) is 0 Å². The smallest absolute Gasteiger partial charge is 0.206 e. The lowest BCUT2D eigenvalue weighted by atomic mass is 10.0. The molecule has 5 heteroatoms. The monoisotopic (exact) mass is 288 g/mol. The van der Waals surface area contributed by atoms with Gasteiger partial charge in [0.25, 0.3) is 0 Å².